The van der Waals surface area contributed by atoms with Gasteiger partial charge in [-0.15, -0.1) is 0 Å². The van der Waals surface area contributed by atoms with Gasteiger partial charge in [-0.05, 0) is 12.8 Å². The molecule has 2 aliphatic heterocycles. The number of piperidine rings is 1. The van der Waals surface area contributed by atoms with Crippen LogP contribution in [0.3, 0.4) is 0 Å². The quantitative estimate of drug-likeness (QED) is 0.175. The maximum Gasteiger partial charge on any atom is 1.00 e. The second kappa shape index (κ2) is 7.39. The molecule has 12 nitrogen and oxygen atoms in total. The van der Waals surface area contributed by atoms with Crippen molar-refractivity contribution in [3.8, 4) is 0 Å². The average Bonchev–Trinajstić information content (AvgIpc) is 3.11. The standard InChI is InChI=1S/C11H13N5O7S.Na/c12-9(14-10(17)8-3-13-5-22-8)7-2-1-6-4-15(7)11(18)16(6)23-24(19,20)21;/h3,5-7H,1-2,4H2,(H2,12,14,17)(H,19,20,21);/q;+1/p-1/t6-,7+;/m1./s1. The number of rotatable bonds is 4. The number of amidine groups is 1. The Morgan fingerprint density at radius 1 is 1.48 bits per heavy atom. The van der Waals surface area contributed by atoms with E-state index < -0.39 is 34.4 Å². The Kier molecular flexibility index (Phi) is 5.86. The number of hydrogen-bond donors (Lipinski definition) is 2. The number of carbonyl (C=O) groups is 2. The molecule has 0 spiro atoms. The van der Waals surface area contributed by atoms with Gasteiger partial charge >= 0.3 is 35.6 Å². The monoisotopic (exact) mass is 381 g/mol. The zero-order valence-corrected chi connectivity index (χ0v) is 15.9. The van der Waals surface area contributed by atoms with Crippen molar-refractivity contribution >= 4 is 28.2 Å². The molecule has 2 atom stereocenters. The minimum absolute atomic E-state index is 0. The fourth-order valence-electron chi connectivity index (χ4n) is 2.72. The summed E-state index contributed by atoms with van der Waals surface area (Å²) in [5.41, 5.74) is 0. The molecule has 3 heterocycles. The van der Waals surface area contributed by atoms with Gasteiger partial charge in [0.15, 0.2) is 6.39 Å². The van der Waals surface area contributed by atoms with E-state index in [9.17, 15) is 22.6 Å². The molecule has 130 valence electrons. The molecule has 0 aliphatic carbocycles. The Hall–Kier alpha value is -1.51. The third-order valence-electron chi connectivity index (χ3n) is 3.73. The molecule has 14 heteroatoms. The van der Waals surface area contributed by atoms with Crippen LogP contribution in [-0.2, 0) is 14.7 Å². The predicted molar refractivity (Wildman–Crippen MR) is 73.2 cm³/mol. The molecule has 3 amide bonds. The summed E-state index contributed by atoms with van der Waals surface area (Å²) in [5.74, 6) is -1.04. The van der Waals surface area contributed by atoms with E-state index in [0.29, 0.717) is 17.9 Å². The van der Waals surface area contributed by atoms with Crippen LogP contribution in [0.1, 0.15) is 23.4 Å². The maximum atomic E-state index is 12.2. The van der Waals surface area contributed by atoms with E-state index >= 15 is 0 Å². The number of fused-ring (bicyclic) bond motifs is 2. The minimum atomic E-state index is -5.08. The van der Waals surface area contributed by atoms with Crippen molar-refractivity contribution in [1.29, 1.82) is 5.41 Å². The number of hydrogen-bond acceptors (Lipinski definition) is 9. The van der Waals surface area contributed by atoms with Gasteiger partial charge in [0, 0.05) is 6.54 Å². The molecule has 25 heavy (non-hydrogen) atoms. The second-order valence-corrected chi connectivity index (χ2v) is 6.19. The summed E-state index contributed by atoms with van der Waals surface area (Å²) in [5, 5.41) is 10.8. The number of carbonyl (C=O) groups excluding carboxylic acids is 2. The van der Waals surface area contributed by atoms with E-state index in [-0.39, 0.29) is 47.7 Å². The first-order chi connectivity index (χ1) is 11.3. The van der Waals surface area contributed by atoms with Crippen molar-refractivity contribution < 1.29 is 60.8 Å². The second-order valence-electron chi connectivity index (χ2n) is 5.22. The normalized spacial score (nSPS) is 22.5. The van der Waals surface area contributed by atoms with Gasteiger partial charge in [0.2, 0.25) is 16.2 Å². The van der Waals surface area contributed by atoms with Gasteiger partial charge in [-0.2, -0.15) is 9.35 Å². The van der Waals surface area contributed by atoms with Crippen molar-refractivity contribution in [3.63, 3.8) is 0 Å². The van der Waals surface area contributed by atoms with E-state index in [2.05, 4.69) is 14.6 Å². The Morgan fingerprint density at radius 2 is 2.20 bits per heavy atom. The van der Waals surface area contributed by atoms with E-state index in [1.165, 1.54) is 11.1 Å². The summed E-state index contributed by atoms with van der Waals surface area (Å²) in [6.45, 7) is 0.0829. The van der Waals surface area contributed by atoms with Crippen molar-refractivity contribution in [2.24, 2.45) is 0 Å². The average molecular weight is 381 g/mol. The molecule has 0 radical (unpaired) electrons. The largest absolute Gasteiger partial charge is 1.00 e. The van der Waals surface area contributed by atoms with Crippen LogP contribution in [0.25, 0.3) is 0 Å². The molecule has 0 unspecified atom stereocenters. The van der Waals surface area contributed by atoms with Gasteiger partial charge < -0.3 is 19.2 Å². The van der Waals surface area contributed by atoms with E-state index in [4.69, 9.17) is 9.83 Å². The molecule has 0 aromatic carbocycles. The van der Waals surface area contributed by atoms with Crippen LogP contribution in [0, 0.1) is 5.41 Å². The number of aromatic nitrogens is 1. The zero-order valence-electron chi connectivity index (χ0n) is 13.0. The van der Waals surface area contributed by atoms with Crippen molar-refractivity contribution in [3.05, 3.63) is 18.4 Å². The molecular formula is C11H12N5NaO7S. The summed E-state index contributed by atoms with van der Waals surface area (Å²) < 4.78 is 41.1. The summed E-state index contributed by atoms with van der Waals surface area (Å²) >= 11 is 0. The van der Waals surface area contributed by atoms with Crippen LogP contribution in [0.5, 0.6) is 0 Å². The van der Waals surface area contributed by atoms with E-state index in [1.54, 1.807) is 0 Å². The molecule has 2 aliphatic rings. The van der Waals surface area contributed by atoms with Crippen molar-refractivity contribution in [2.45, 2.75) is 24.9 Å². The van der Waals surface area contributed by atoms with E-state index in [1.807, 2.05) is 0 Å². The summed E-state index contributed by atoms with van der Waals surface area (Å²) in [6, 6.07) is -2.22. The van der Waals surface area contributed by atoms with Gasteiger partial charge in [0.25, 0.3) is 5.91 Å². The summed E-state index contributed by atoms with van der Waals surface area (Å²) in [6.07, 6.45) is 2.84. The van der Waals surface area contributed by atoms with E-state index in [0.717, 1.165) is 6.39 Å². The molecular weight excluding hydrogens is 369 g/mol. The van der Waals surface area contributed by atoms with Gasteiger partial charge in [-0.25, -0.2) is 18.2 Å². The number of urea groups is 1. The maximum absolute atomic E-state index is 12.2. The molecule has 2 fully saturated rings. The Balaban J connectivity index is 0.00000225. The van der Waals surface area contributed by atoms with Crippen LogP contribution >= 0.6 is 0 Å². The molecule has 2 N–H and O–H groups in total. The fraction of sp³-hybridized carbons (Fsp3) is 0.455. The summed E-state index contributed by atoms with van der Waals surface area (Å²) in [7, 11) is -5.08. The molecule has 0 saturated carbocycles. The topological polar surface area (TPSA) is 169 Å². The SMILES string of the molecule is N=C(NC(=O)c1cnco1)[C@@H]1CC[C@@H]2CN1C(=O)N2OS(=O)(=O)[O-].[Na+]. The molecule has 3 rings (SSSR count). The third-order valence-corrected chi connectivity index (χ3v) is 4.08. The number of hydroxylamine groups is 2. The van der Waals surface area contributed by atoms with Crippen LogP contribution in [0.15, 0.2) is 17.0 Å². The first-order valence-corrected chi connectivity index (χ1v) is 8.13. The number of nitrogens with zero attached hydrogens (tertiary/aromatic N) is 3. The molecule has 2 bridgehead atoms. The van der Waals surface area contributed by atoms with Crippen LogP contribution in [-0.4, -0.2) is 64.3 Å². The number of oxazole rings is 1. The predicted octanol–water partition coefficient (Wildman–Crippen LogP) is -3.95. The Bertz CT molecular complexity index is 783. The minimum Gasteiger partial charge on any atom is -0.724 e. The molecule has 1 aromatic rings. The summed E-state index contributed by atoms with van der Waals surface area (Å²) in [4.78, 5) is 28.8. The first kappa shape index (κ1) is 19.8. The van der Waals surface area contributed by atoms with Gasteiger partial charge in [-0.1, -0.05) is 0 Å². The van der Waals surface area contributed by atoms with Crippen LogP contribution in [0.4, 0.5) is 4.79 Å². The zero-order chi connectivity index (χ0) is 17.5. The third kappa shape index (κ3) is 4.19. The van der Waals surface area contributed by atoms with Crippen molar-refractivity contribution in [1.82, 2.24) is 20.3 Å². The van der Waals surface area contributed by atoms with Gasteiger partial charge in [0.05, 0.1) is 18.3 Å². The Morgan fingerprint density at radius 3 is 2.80 bits per heavy atom. The Labute approximate surface area is 164 Å². The van der Waals surface area contributed by atoms with Crippen molar-refractivity contribution in [2.75, 3.05) is 6.54 Å². The number of amides is 3. The van der Waals surface area contributed by atoms with Gasteiger partial charge in [0.1, 0.15) is 5.84 Å². The smallest absolute Gasteiger partial charge is 0.724 e. The van der Waals surface area contributed by atoms with Crippen LogP contribution in [0.2, 0.25) is 0 Å². The molecule has 1 aromatic heterocycles. The number of nitrogens with one attached hydrogen (secondary N) is 2. The molecule has 2 saturated heterocycles. The first-order valence-electron chi connectivity index (χ1n) is 6.80. The fourth-order valence-corrected chi connectivity index (χ4v) is 3.11. The van der Waals surface area contributed by atoms with Crippen LogP contribution < -0.4 is 34.9 Å². The van der Waals surface area contributed by atoms with Gasteiger partial charge in [-0.3, -0.25) is 10.2 Å².